The minimum atomic E-state index is -3.83. The number of rotatable bonds is 4. The Morgan fingerprint density at radius 3 is 2.15 bits per heavy atom. The highest BCUT2D eigenvalue weighted by Crippen LogP contribution is 2.19. The topological polar surface area (TPSA) is 75.7 Å². The number of morpholine rings is 1. The average Bonchev–Trinajstić information content (AvgIpc) is 2.61. The van der Waals surface area contributed by atoms with Crippen molar-refractivity contribution in [1.29, 1.82) is 0 Å². The van der Waals surface area contributed by atoms with Crippen molar-refractivity contribution in [2.75, 3.05) is 17.8 Å². The highest BCUT2D eigenvalue weighted by Gasteiger charge is 2.26. The molecule has 1 aliphatic heterocycles. The molecule has 0 aliphatic carbocycles. The normalized spacial score (nSPS) is 20.3. The standard InChI is InChI=1S/C19H21FN2O4S/c1-13-11-22(12-14(2)26-13)19(23)15-3-7-17(8-4-15)21-27(24,25)18-9-5-16(20)6-10-18/h3-10,13-14,21H,11-12H2,1-2H3/t13-,14-/m0/s1. The molecule has 0 spiro atoms. The van der Waals surface area contributed by atoms with Crippen LogP contribution in [0.2, 0.25) is 0 Å². The van der Waals surface area contributed by atoms with Crippen LogP contribution in [0.3, 0.4) is 0 Å². The molecular formula is C19H21FN2O4S. The molecule has 144 valence electrons. The molecule has 2 aromatic rings. The molecule has 0 unspecified atom stereocenters. The third-order valence-electron chi connectivity index (χ3n) is 4.21. The van der Waals surface area contributed by atoms with E-state index < -0.39 is 15.8 Å². The van der Waals surface area contributed by atoms with Gasteiger partial charge in [0, 0.05) is 24.3 Å². The lowest BCUT2D eigenvalue weighted by molar-refractivity contribution is -0.0586. The molecule has 3 rings (SSSR count). The molecule has 27 heavy (non-hydrogen) atoms. The van der Waals surface area contributed by atoms with Crippen LogP contribution in [0.1, 0.15) is 24.2 Å². The number of halogens is 1. The van der Waals surface area contributed by atoms with Crippen molar-refractivity contribution in [3.63, 3.8) is 0 Å². The second-order valence-electron chi connectivity index (χ2n) is 6.60. The fourth-order valence-electron chi connectivity index (χ4n) is 3.03. The number of anilines is 1. The van der Waals surface area contributed by atoms with Gasteiger partial charge < -0.3 is 9.64 Å². The van der Waals surface area contributed by atoms with Crippen molar-refractivity contribution in [1.82, 2.24) is 4.90 Å². The van der Waals surface area contributed by atoms with E-state index in [2.05, 4.69) is 4.72 Å². The van der Waals surface area contributed by atoms with Gasteiger partial charge in [-0.3, -0.25) is 9.52 Å². The minimum absolute atomic E-state index is 0.0282. The Bertz CT molecular complexity index is 904. The number of ether oxygens (including phenoxy) is 1. The van der Waals surface area contributed by atoms with Crippen molar-refractivity contribution in [3.8, 4) is 0 Å². The highest BCUT2D eigenvalue weighted by atomic mass is 32.2. The van der Waals surface area contributed by atoms with Crippen molar-refractivity contribution in [2.45, 2.75) is 31.0 Å². The summed E-state index contributed by atoms with van der Waals surface area (Å²) in [6.45, 7) is 4.87. The van der Waals surface area contributed by atoms with Crippen LogP contribution in [0, 0.1) is 5.82 Å². The molecule has 0 radical (unpaired) electrons. The van der Waals surface area contributed by atoms with Crippen LogP contribution in [0.5, 0.6) is 0 Å². The quantitative estimate of drug-likeness (QED) is 0.868. The number of benzene rings is 2. The van der Waals surface area contributed by atoms with Gasteiger partial charge in [0.2, 0.25) is 0 Å². The summed E-state index contributed by atoms with van der Waals surface area (Å²) in [6.07, 6.45) is -0.0565. The Morgan fingerprint density at radius 2 is 1.59 bits per heavy atom. The maximum absolute atomic E-state index is 13.0. The maximum atomic E-state index is 13.0. The van der Waals surface area contributed by atoms with E-state index in [4.69, 9.17) is 4.74 Å². The summed E-state index contributed by atoms with van der Waals surface area (Å²) in [7, 11) is -3.83. The lowest BCUT2D eigenvalue weighted by atomic mass is 10.1. The van der Waals surface area contributed by atoms with Crippen LogP contribution in [-0.4, -0.2) is 44.5 Å². The zero-order valence-electron chi connectivity index (χ0n) is 15.1. The van der Waals surface area contributed by atoms with Crippen molar-refractivity contribution >= 4 is 21.6 Å². The second-order valence-corrected chi connectivity index (χ2v) is 8.29. The van der Waals surface area contributed by atoms with E-state index in [1.54, 1.807) is 17.0 Å². The van der Waals surface area contributed by atoms with Gasteiger partial charge in [0.1, 0.15) is 5.82 Å². The number of amides is 1. The van der Waals surface area contributed by atoms with Gasteiger partial charge in [-0.25, -0.2) is 12.8 Å². The Kier molecular flexibility index (Phi) is 5.48. The van der Waals surface area contributed by atoms with Crippen molar-refractivity contribution in [2.24, 2.45) is 0 Å². The fraction of sp³-hybridized carbons (Fsp3) is 0.316. The molecule has 0 bridgehead atoms. The Labute approximate surface area is 158 Å². The molecule has 0 aromatic heterocycles. The smallest absolute Gasteiger partial charge is 0.261 e. The Morgan fingerprint density at radius 1 is 1.04 bits per heavy atom. The first-order valence-electron chi connectivity index (χ1n) is 8.58. The zero-order chi connectivity index (χ0) is 19.6. The van der Waals surface area contributed by atoms with E-state index >= 15 is 0 Å². The number of nitrogens with one attached hydrogen (secondary N) is 1. The summed E-state index contributed by atoms with van der Waals surface area (Å²) >= 11 is 0. The number of hydrogen-bond donors (Lipinski definition) is 1. The fourth-order valence-corrected chi connectivity index (χ4v) is 4.09. The first-order chi connectivity index (χ1) is 12.7. The summed E-state index contributed by atoms with van der Waals surface area (Å²) in [4.78, 5) is 14.3. The number of hydrogen-bond acceptors (Lipinski definition) is 4. The van der Waals surface area contributed by atoms with Crippen LogP contribution in [0.15, 0.2) is 53.4 Å². The van der Waals surface area contributed by atoms with Crippen molar-refractivity contribution in [3.05, 3.63) is 59.9 Å². The Balaban J connectivity index is 1.71. The van der Waals surface area contributed by atoms with Crippen molar-refractivity contribution < 1.29 is 22.3 Å². The van der Waals surface area contributed by atoms with Gasteiger partial charge >= 0.3 is 0 Å². The van der Waals surface area contributed by atoms with Crippen LogP contribution in [0.4, 0.5) is 10.1 Å². The molecule has 1 amide bonds. The Hall–Kier alpha value is -2.45. The zero-order valence-corrected chi connectivity index (χ0v) is 15.9. The van der Waals surface area contributed by atoms with E-state index in [0.717, 1.165) is 12.1 Å². The molecule has 0 saturated carbocycles. The minimum Gasteiger partial charge on any atom is -0.372 e. The van der Waals surface area contributed by atoms with E-state index in [-0.39, 0.29) is 23.0 Å². The highest BCUT2D eigenvalue weighted by molar-refractivity contribution is 7.92. The van der Waals surface area contributed by atoms with Gasteiger partial charge in [-0.2, -0.15) is 0 Å². The molecule has 6 nitrogen and oxygen atoms in total. The summed E-state index contributed by atoms with van der Waals surface area (Å²) in [5.74, 6) is -0.631. The van der Waals surface area contributed by atoms with E-state index in [1.165, 1.54) is 24.3 Å². The third kappa shape index (κ3) is 4.64. The molecule has 1 heterocycles. The molecule has 2 atom stereocenters. The predicted octanol–water partition coefficient (Wildman–Crippen LogP) is 2.88. The molecule has 1 N–H and O–H groups in total. The first kappa shape index (κ1) is 19.3. The van der Waals surface area contributed by atoms with Gasteiger partial charge in [0.05, 0.1) is 17.1 Å². The lowest BCUT2D eigenvalue weighted by Crippen LogP contribution is -2.48. The molecular weight excluding hydrogens is 371 g/mol. The van der Waals surface area contributed by atoms with Gasteiger partial charge in [-0.15, -0.1) is 0 Å². The van der Waals surface area contributed by atoms with E-state index in [0.29, 0.717) is 24.3 Å². The summed E-state index contributed by atoms with van der Waals surface area (Å²) in [6, 6.07) is 10.8. The van der Waals surface area contributed by atoms with Gasteiger partial charge in [0.15, 0.2) is 0 Å². The van der Waals surface area contributed by atoms with Gasteiger partial charge in [-0.1, -0.05) is 0 Å². The number of nitrogens with zero attached hydrogens (tertiary/aromatic N) is 1. The number of carbonyl (C=O) groups excluding carboxylic acids is 1. The molecule has 1 aliphatic rings. The van der Waals surface area contributed by atoms with Gasteiger partial charge in [-0.05, 0) is 62.4 Å². The summed E-state index contributed by atoms with van der Waals surface area (Å²) < 4.78 is 45.7. The first-order valence-corrected chi connectivity index (χ1v) is 10.1. The predicted molar refractivity (Wildman–Crippen MR) is 99.6 cm³/mol. The number of carbonyl (C=O) groups is 1. The number of sulfonamides is 1. The maximum Gasteiger partial charge on any atom is 0.261 e. The van der Waals surface area contributed by atoms with Crippen LogP contribution < -0.4 is 4.72 Å². The summed E-state index contributed by atoms with van der Waals surface area (Å²) in [5.41, 5.74) is 0.792. The molecule has 1 saturated heterocycles. The molecule has 2 aromatic carbocycles. The SMILES string of the molecule is C[C@H]1CN(C(=O)c2ccc(NS(=O)(=O)c3ccc(F)cc3)cc2)C[C@H](C)O1. The van der Waals surface area contributed by atoms with E-state index in [9.17, 15) is 17.6 Å². The monoisotopic (exact) mass is 392 g/mol. The van der Waals surface area contributed by atoms with Crippen LogP contribution >= 0.6 is 0 Å². The average molecular weight is 392 g/mol. The molecule has 8 heteroatoms. The van der Waals surface area contributed by atoms with Crippen LogP contribution in [0.25, 0.3) is 0 Å². The van der Waals surface area contributed by atoms with E-state index in [1.807, 2.05) is 13.8 Å². The molecule has 1 fully saturated rings. The van der Waals surface area contributed by atoms with Gasteiger partial charge in [0.25, 0.3) is 15.9 Å². The lowest BCUT2D eigenvalue weighted by Gasteiger charge is -2.35. The third-order valence-corrected chi connectivity index (χ3v) is 5.61. The summed E-state index contributed by atoms with van der Waals surface area (Å²) in [5, 5.41) is 0. The van der Waals surface area contributed by atoms with Crippen LogP contribution in [-0.2, 0) is 14.8 Å². The second kappa shape index (κ2) is 7.66. The largest absolute Gasteiger partial charge is 0.372 e.